The lowest BCUT2D eigenvalue weighted by Crippen LogP contribution is -2.08. The molecule has 0 amide bonds. The molecule has 0 unspecified atom stereocenters. The third-order valence-corrected chi connectivity index (χ3v) is 1.50. The summed E-state index contributed by atoms with van der Waals surface area (Å²) in [6, 6.07) is 0. The minimum atomic E-state index is -0.796. The summed E-state index contributed by atoms with van der Waals surface area (Å²) in [5.41, 5.74) is 0. The fourth-order valence-electron chi connectivity index (χ4n) is 0.600. The molecule has 0 aromatic carbocycles. The molecule has 0 saturated heterocycles. The molecule has 0 heterocycles. The van der Waals surface area contributed by atoms with E-state index in [9.17, 15) is 0 Å². The smallest absolute Gasteiger partial charge is 0.248 e. The number of hydrogen-bond acceptors (Lipinski definition) is 1. The Morgan fingerprint density at radius 1 is 1.12 bits per heavy atom. The Kier molecular flexibility index (Phi) is 2.93. The van der Waals surface area contributed by atoms with Crippen LogP contribution in [0.15, 0.2) is 0 Å². The molecule has 0 aliphatic rings. The second-order valence-corrected chi connectivity index (χ2v) is 7.23. The first kappa shape index (κ1) is 8.39. The quantitative estimate of drug-likeness (QED) is 0.406. The lowest BCUT2D eigenvalue weighted by atomic mass is 11.0. The van der Waals surface area contributed by atoms with Crippen molar-refractivity contribution in [1.29, 1.82) is 0 Å². The zero-order valence-electron chi connectivity index (χ0n) is 6.39. The highest BCUT2D eigenvalue weighted by molar-refractivity contribution is 7.75. The van der Waals surface area contributed by atoms with Crippen molar-refractivity contribution >= 4 is 7.26 Å². The first-order chi connectivity index (χ1) is 3.42. The first-order valence-electron chi connectivity index (χ1n) is 2.68. The fraction of sp³-hybridized carbons (Fsp3) is 0.833. The van der Waals surface area contributed by atoms with Gasteiger partial charge in [0.15, 0.2) is 0 Å². The Balaban J connectivity index is 3.39. The van der Waals surface area contributed by atoms with Gasteiger partial charge in [0.2, 0.25) is 6.29 Å². The average Bonchev–Trinajstić information content (AvgIpc) is 1.21. The average molecular weight is 132 g/mol. The van der Waals surface area contributed by atoms with E-state index >= 15 is 0 Å². The summed E-state index contributed by atoms with van der Waals surface area (Å²) in [6.45, 7) is 6.73. The minimum absolute atomic E-state index is 0.796. The van der Waals surface area contributed by atoms with Crippen molar-refractivity contribution in [2.24, 2.45) is 0 Å². The van der Waals surface area contributed by atoms with Crippen LogP contribution in [0.1, 0.15) is 0 Å². The molecule has 1 nitrogen and oxygen atoms in total. The van der Waals surface area contributed by atoms with Crippen LogP contribution in [-0.2, 0) is 0 Å². The monoisotopic (exact) mass is 132 g/mol. The normalized spacial score (nSPS) is 12.8. The third-order valence-electron chi connectivity index (χ3n) is 0.500. The predicted octanol–water partition coefficient (Wildman–Crippen LogP) is 1.45. The molecule has 0 aliphatic heterocycles. The molecule has 0 aromatic rings. The van der Waals surface area contributed by atoms with Crippen LogP contribution in [0.3, 0.4) is 0 Å². The molecule has 0 atom stereocenters. The zero-order chi connectivity index (χ0) is 6.78. The van der Waals surface area contributed by atoms with Gasteiger partial charge in [0.1, 0.15) is 0 Å². The summed E-state index contributed by atoms with van der Waals surface area (Å²) >= 11 is 0. The van der Waals surface area contributed by atoms with Crippen LogP contribution in [0, 0.1) is 6.29 Å². The third kappa shape index (κ3) is 6.39. The van der Waals surface area contributed by atoms with Crippen molar-refractivity contribution in [1.82, 2.24) is 4.90 Å². The molecule has 0 fully saturated rings. The van der Waals surface area contributed by atoms with Crippen LogP contribution in [0.4, 0.5) is 0 Å². The highest BCUT2D eigenvalue weighted by atomic mass is 31.2. The molecular formula is C6H15NP+. The van der Waals surface area contributed by atoms with Crippen LogP contribution < -0.4 is 0 Å². The summed E-state index contributed by atoms with van der Waals surface area (Å²) in [6.07, 6.45) is 3.33. The lowest BCUT2D eigenvalue weighted by Gasteiger charge is -2.12. The summed E-state index contributed by atoms with van der Waals surface area (Å²) < 4.78 is 0. The Morgan fingerprint density at radius 3 is 1.50 bits per heavy atom. The minimum Gasteiger partial charge on any atom is -0.263 e. The standard InChI is InChI=1S/C6H15NP/c1-7(2)6-8(3,4)5/h1-5H3/q+1. The first-order valence-corrected chi connectivity index (χ1v) is 5.81. The van der Waals surface area contributed by atoms with E-state index < -0.39 is 7.26 Å². The van der Waals surface area contributed by atoms with E-state index in [1.165, 1.54) is 0 Å². The molecule has 0 saturated carbocycles. The van der Waals surface area contributed by atoms with E-state index in [0.717, 1.165) is 0 Å². The van der Waals surface area contributed by atoms with Crippen LogP contribution in [0.2, 0.25) is 0 Å². The van der Waals surface area contributed by atoms with Crippen LogP contribution in [0.25, 0.3) is 0 Å². The van der Waals surface area contributed by atoms with Crippen molar-refractivity contribution in [3.63, 3.8) is 0 Å². The van der Waals surface area contributed by atoms with E-state index in [2.05, 4.69) is 26.3 Å². The molecule has 0 aromatic heterocycles. The lowest BCUT2D eigenvalue weighted by molar-refractivity contribution is 0.538. The van der Waals surface area contributed by atoms with Gasteiger partial charge in [-0.15, -0.1) is 0 Å². The van der Waals surface area contributed by atoms with E-state index in [0.29, 0.717) is 0 Å². The maximum atomic E-state index is 3.33. The van der Waals surface area contributed by atoms with Crippen molar-refractivity contribution in [2.75, 3.05) is 34.1 Å². The molecule has 0 N–H and O–H groups in total. The van der Waals surface area contributed by atoms with Crippen LogP contribution >= 0.6 is 7.26 Å². The topological polar surface area (TPSA) is 3.24 Å². The highest BCUT2D eigenvalue weighted by Crippen LogP contribution is 2.49. The van der Waals surface area contributed by atoms with Gasteiger partial charge in [-0.3, -0.25) is 4.90 Å². The molecule has 2 heteroatoms. The van der Waals surface area contributed by atoms with Gasteiger partial charge in [-0.2, -0.15) is 0 Å². The second-order valence-electron chi connectivity index (χ2n) is 3.01. The largest absolute Gasteiger partial charge is 0.263 e. The summed E-state index contributed by atoms with van der Waals surface area (Å²) in [7, 11) is 3.24. The molecule has 0 rings (SSSR count). The number of hydrogen-bond donors (Lipinski definition) is 0. The molecule has 2 radical (unpaired) electrons. The number of nitrogens with zero attached hydrogens (tertiary/aromatic N) is 1. The van der Waals surface area contributed by atoms with Crippen molar-refractivity contribution < 1.29 is 0 Å². The van der Waals surface area contributed by atoms with Gasteiger partial charge in [0.25, 0.3) is 0 Å². The summed E-state index contributed by atoms with van der Waals surface area (Å²) in [5, 5.41) is 0. The second kappa shape index (κ2) is 2.80. The molecule has 48 valence electrons. The van der Waals surface area contributed by atoms with Gasteiger partial charge >= 0.3 is 0 Å². The number of rotatable bonds is 2. The van der Waals surface area contributed by atoms with Gasteiger partial charge in [-0.1, -0.05) is 0 Å². The Bertz CT molecular complexity index is 63.4. The fourth-order valence-corrected chi connectivity index (χ4v) is 1.80. The van der Waals surface area contributed by atoms with E-state index in [-0.39, 0.29) is 0 Å². The zero-order valence-corrected chi connectivity index (χ0v) is 7.29. The predicted molar refractivity (Wildman–Crippen MR) is 41.6 cm³/mol. The van der Waals surface area contributed by atoms with Gasteiger partial charge in [-0.25, -0.2) is 0 Å². The maximum absolute atomic E-state index is 3.33. The summed E-state index contributed by atoms with van der Waals surface area (Å²) in [5.74, 6) is 0. The van der Waals surface area contributed by atoms with Gasteiger partial charge in [-0.05, 0) is 14.1 Å². The van der Waals surface area contributed by atoms with E-state index in [1.54, 1.807) is 0 Å². The Hall–Kier alpha value is 0.390. The van der Waals surface area contributed by atoms with E-state index in [1.807, 2.05) is 19.0 Å². The molecule has 0 aliphatic carbocycles. The van der Waals surface area contributed by atoms with Crippen molar-refractivity contribution in [3.8, 4) is 0 Å². The van der Waals surface area contributed by atoms with Gasteiger partial charge in [0, 0.05) is 7.26 Å². The highest BCUT2D eigenvalue weighted by Gasteiger charge is 2.20. The molecule has 0 bridgehead atoms. The molecule has 0 spiro atoms. The van der Waals surface area contributed by atoms with E-state index in [4.69, 9.17) is 0 Å². The van der Waals surface area contributed by atoms with Crippen LogP contribution in [-0.4, -0.2) is 39.0 Å². The SMILES string of the molecule is CN(C)[C][P+](C)(C)C. The van der Waals surface area contributed by atoms with Crippen LogP contribution in [0.5, 0.6) is 0 Å². The van der Waals surface area contributed by atoms with Gasteiger partial charge in [0.05, 0.1) is 20.0 Å². The van der Waals surface area contributed by atoms with Crippen molar-refractivity contribution in [3.05, 3.63) is 6.29 Å². The summed E-state index contributed by atoms with van der Waals surface area (Å²) in [4.78, 5) is 2.01. The maximum Gasteiger partial charge on any atom is 0.248 e. The van der Waals surface area contributed by atoms with Crippen molar-refractivity contribution in [2.45, 2.75) is 0 Å². The van der Waals surface area contributed by atoms with Gasteiger partial charge < -0.3 is 0 Å². The molecule has 8 heavy (non-hydrogen) atoms. The Morgan fingerprint density at radius 2 is 1.50 bits per heavy atom. The Labute approximate surface area is 53.4 Å². The molecular weight excluding hydrogens is 117 g/mol.